The molecule has 4 aliphatic carbocycles. The summed E-state index contributed by atoms with van der Waals surface area (Å²) < 4.78 is 0. The quantitative estimate of drug-likeness (QED) is 0.201. The lowest BCUT2D eigenvalue weighted by molar-refractivity contribution is -0.528. The van der Waals surface area contributed by atoms with Gasteiger partial charge in [0.15, 0.2) is 0 Å². The molecule has 12 nitrogen and oxygen atoms in total. The zero-order chi connectivity index (χ0) is 29.7. The Bertz CT molecular complexity index is 975. The Morgan fingerprint density at radius 3 is 1.61 bits per heavy atom. The minimum Gasteiger partial charge on any atom is -0.481 e. The second kappa shape index (κ2) is 13.9. The van der Waals surface area contributed by atoms with Gasteiger partial charge >= 0.3 is 11.9 Å². The molecule has 0 spiro atoms. The topological polar surface area (TPSA) is 196 Å². The first-order valence-corrected chi connectivity index (χ1v) is 15.4. The average Bonchev–Trinajstić information content (AvgIpc) is 2.94. The van der Waals surface area contributed by atoms with Crippen LogP contribution in [-0.2, 0) is 19.2 Å². The van der Waals surface area contributed by atoms with Crippen molar-refractivity contribution in [3.8, 4) is 0 Å². The maximum absolute atomic E-state index is 13.0. The Balaban J connectivity index is 1.16. The van der Waals surface area contributed by atoms with Crippen molar-refractivity contribution in [2.24, 2.45) is 35.5 Å². The van der Waals surface area contributed by atoms with Crippen molar-refractivity contribution in [1.29, 1.82) is 0 Å². The van der Waals surface area contributed by atoms with Crippen molar-refractivity contribution in [1.82, 2.24) is 10.6 Å². The third-order valence-electron chi connectivity index (χ3n) is 10.3. The van der Waals surface area contributed by atoms with Crippen LogP contribution < -0.4 is 10.6 Å². The van der Waals surface area contributed by atoms with Gasteiger partial charge in [-0.05, 0) is 95.3 Å². The van der Waals surface area contributed by atoms with Gasteiger partial charge in [-0.25, -0.2) is 0 Å². The van der Waals surface area contributed by atoms with E-state index < -0.39 is 52.7 Å². The Labute approximate surface area is 240 Å². The van der Waals surface area contributed by atoms with Crippen LogP contribution in [0.15, 0.2) is 0 Å². The van der Waals surface area contributed by atoms with Gasteiger partial charge in [-0.3, -0.25) is 29.3 Å². The number of carboxylic acids is 2. The number of carboxylic acid groups (broad SMARTS) is 2. The molecule has 4 rings (SSSR count). The summed E-state index contributed by atoms with van der Waals surface area (Å²) in [6.45, 7) is 0. The van der Waals surface area contributed by atoms with Crippen molar-refractivity contribution in [3.05, 3.63) is 10.1 Å². The zero-order valence-corrected chi connectivity index (χ0v) is 23.6. The molecular weight excluding hydrogens is 534 g/mol. The molecule has 5 N–H and O–H groups in total. The molecule has 6 atom stereocenters. The van der Waals surface area contributed by atoms with Gasteiger partial charge in [0, 0.05) is 29.8 Å². The van der Waals surface area contributed by atoms with E-state index >= 15 is 0 Å². The molecule has 4 aliphatic rings. The number of rotatable bonds is 9. The second-order valence-corrected chi connectivity index (χ2v) is 13.0. The molecule has 0 heterocycles. The van der Waals surface area contributed by atoms with E-state index in [1.807, 2.05) is 0 Å². The molecule has 12 heteroatoms. The Hall–Kier alpha value is -2.76. The number of aliphatic hydroxyl groups excluding tert-OH is 1. The van der Waals surface area contributed by atoms with E-state index in [0.717, 1.165) is 57.8 Å². The lowest BCUT2D eigenvalue weighted by atomic mass is 9.74. The summed E-state index contributed by atoms with van der Waals surface area (Å²) in [6.07, 6.45) is 9.00. The average molecular weight is 580 g/mol. The minimum absolute atomic E-state index is 0.0296. The highest BCUT2D eigenvalue weighted by molar-refractivity contribution is 5.85. The largest absolute Gasteiger partial charge is 0.481 e. The minimum atomic E-state index is -1.07. The molecule has 0 aliphatic heterocycles. The number of aliphatic hydroxyl groups is 1. The van der Waals surface area contributed by atoms with E-state index in [0.29, 0.717) is 24.7 Å². The number of carbonyl (C=O) groups is 4. The van der Waals surface area contributed by atoms with Crippen LogP contribution in [0.1, 0.15) is 96.3 Å². The standard InChI is InChI=1S/C29H45N3O9/c33-21-10-12-22(25(15-21)29(38)39)26(34)30-18-5-1-16(2-6-18)13-17-3-7-19(8-4-17)31-27(35)24-14-20(32(40)41)9-11-23(24)28(36)37/h16-25,33H,1-15H2,(H,30,34)(H,31,35)(H,36,37)(H,38,39). The molecule has 41 heavy (non-hydrogen) atoms. The summed E-state index contributed by atoms with van der Waals surface area (Å²) in [7, 11) is 0. The third-order valence-corrected chi connectivity index (χ3v) is 10.3. The van der Waals surface area contributed by atoms with E-state index in [1.54, 1.807) is 0 Å². The van der Waals surface area contributed by atoms with Gasteiger partial charge in [0.05, 0.1) is 29.8 Å². The van der Waals surface area contributed by atoms with Crippen molar-refractivity contribution in [2.75, 3.05) is 0 Å². The van der Waals surface area contributed by atoms with Crippen molar-refractivity contribution >= 4 is 23.8 Å². The highest BCUT2D eigenvalue weighted by atomic mass is 16.6. The molecule has 4 fully saturated rings. The SMILES string of the molecule is O=C(O)C1CC(O)CCC1C(=O)NC1CCC(CC2CCC(NC(=O)C3CC([N+](=O)[O-])CCC3C(=O)O)CC2)CC1. The highest BCUT2D eigenvalue weighted by Crippen LogP contribution is 2.37. The summed E-state index contributed by atoms with van der Waals surface area (Å²) in [6, 6.07) is -0.857. The first-order valence-electron chi connectivity index (χ1n) is 15.4. The maximum Gasteiger partial charge on any atom is 0.307 e. The van der Waals surface area contributed by atoms with Crippen LogP contribution in [0.5, 0.6) is 0 Å². The molecule has 0 saturated heterocycles. The molecule has 0 aromatic rings. The predicted molar refractivity (Wildman–Crippen MR) is 146 cm³/mol. The monoisotopic (exact) mass is 579 g/mol. The number of hydrogen-bond acceptors (Lipinski definition) is 7. The zero-order valence-electron chi connectivity index (χ0n) is 23.6. The van der Waals surface area contributed by atoms with Gasteiger partial charge < -0.3 is 26.0 Å². The van der Waals surface area contributed by atoms with E-state index in [4.69, 9.17) is 0 Å². The van der Waals surface area contributed by atoms with Crippen molar-refractivity contribution < 1.29 is 39.4 Å². The van der Waals surface area contributed by atoms with E-state index in [2.05, 4.69) is 10.6 Å². The van der Waals surface area contributed by atoms with Gasteiger partial charge in [0.2, 0.25) is 17.9 Å². The Morgan fingerprint density at radius 1 is 0.634 bits per heavy atom. The maximum atomic E-state index is 13.0. The van der Waals surface area contributed by atoms with Crippen molar-refractivity contribution in [2.45, 2.75) is 121 Å². The van der Waals surface area contributed by atoms with E-state index in [-0.39, 0.29) is 49.6 Å². The lowest BCUT2D eigenvalue weighted by Gasteiger charge is -2.36. The van der Waals surface area contributed by atoms with E-state index in [1.165, 1.54) is 0 Å². The Kier molecular flexibility index (Phi) is 10.6. The molecule has 4 saturated carbocycles. The number of nitrogens with zero attached hydrogens (tertiary/aromatic N) is 1. The molecule has 0 bridgehead atoms. The number of hydrogen-bond donors (Lipinski definition) is 5. The van der Waals surface area contributed by atoms with Crippen LogP contribution in [0.3, 0.4) is 0 Å². The number of carbonyl (C=O) groups excluding carboxylic acids is 2. The summed E-state index contributed by atoms with van der Waals surface area (Å²) >= 11 is 0. The summed E-state index contributed by atoms with van der Waals surface area (Å²) in [5, 5.41) is 46.2. The normalized spacial score (nSPS) is 37.9. The van der Waals surface area contributed by atoms with Gasteiger partial charge in [-0.2, -0.15) is 0 Å². The fourth-order valence-electron chi connectivity index (χ4n) is 7.83. The third kappa shape index (κ3) is 8.17. The fourth-order valence-corrected chi connectivity index (χ4v) is 7.83. The number of amides is 2. The first kappa shape index (κ1) is 31.2. The molecule has 0 aromatic carbocycles. The molecule has 6 unspecified atom stereocenters. The smallest absolute Gasteiger partial charge is 0.307 e. The summed E-state index contributed by atoms with van der Waals surface area (Å²) in [5.74, 6) is -4.73. The highest BCUT2D eigenvalue weighted by Gasteiger charge is 2.44. The van der Waals surface area contributed by atoms with Gasteiger partial charge in [0.1, 0.15) is 0 Å². The van der Waals surface area contributed by atoms with Crippen LogP contribution in [0.4, 0.5) is 0 Å². The molecule has 0 radical (unpaired) electrons. The van der Waals surface area contributed by atoms with Crippen LogP contribution in [-0.4, -0.2) is 68.2 Å². The number of aliphatic carboxylic acids is 2. The first-order chi connectivity index (χ1) is 19.5. The second-order valence-electron chi connectivity index (χ2n) is 13.0. The van der Waals surface area contributed by atoms with Crippen LogP contribution in [0.25, 0.3) is 0 Å². The summed E-state index contributed by atoms with van der Waals surface area (Å²) in [4.78, 5) is 59.9. The molecule has 2 amide bonds. The number of nitrogens with one attached hydrogen (secondary N) is 2. The fraction of sp³-hybridized carbons (Fsp3) is 0.862. The van der Waals surface area contributed by atoms with E-state index in [9.17, 15) is 44.6 Å². The molecule has 230 valence electrons. The van der Waals surface area contributed by atoms with Crippen LogP contribution in [0.2, 0.25) is 0 Å². The Morgan fingerprint density at radius 2 is 1.12 bits per heavy atom. The van der Waals surface area contributed by atoms with Gasteiger partial charge in [-0.15, -0.1) is 0 Å². The molecule has 0 aromatic heterocycles. The summed E-state index contributed by atoms with van der Waals surface area (Å²) in [5.41, 5.74) is 0. The lowest BCUT2D eigenvalue weighted by Crippen LogP contribution is -2.48. The van der Waals surface area contributed by atoms with Gasteiger partial charge in [0.25, 0.3) is 0 Å². The van der Waals surface area contributed by atoms with Gasteiger partial charge in [-0.1, -0.05) is 0 Å². The number of nitro groups is 1. The van der Waals surface area contributed by atoms with Crippen LogP contribution >= 0.6 is 0 Å². The predicted octanol–water partition coefficient (Wildman–Crippen LogP) is 2.73. The molecular formula is C29H45N3O9. The van der Waals surface area contributed by atoms with Crippen LogP contribution in [0, 0.1) is 45.6 Å². The van der Waals surface area contributed by atoms with Crippen molar-refractivity contribution in [3.63, 3.8) is 0 Å².